The van der Waals surface area contributed by atoms with Crippen molar-refractivity contribution in [2.24, 2.45) is 0 Å². The molecule has 0 aliphatic carbocycles. The minimum Gasteiger partial charge on any atom is -0.432 e. The standard InChI is InChI=1S/C13H12N2O7/c16-11-5-6-12(17)14(11)7-8-21-13(18)22-10-3-1-9(2-4-10)15(19)20/h1-4H,5-8H2. The summed E-state index contributed by atoms with van der Waals surface area (Å²) in [6, 6.07) is 4.88. The summed E-state index contributed by atoms with van der Waals surface area (Å²) in [5.41, 5.74) is -0.133. The van der Waals surface area contributed by atoms with Crippen LogP contribution >= 0.6 is 0 Å². The van der Waals surface area contributed by atoms with Crippen molar-refractivity contribution in [3.8, 4) is 5.75 Å². The monoisotopic (exact) mass is 308 g/mol. The molecule has 0 N–H and O–H groups in total. The van der Waals surface area contributed by atoms with Gasteiger partial charge < -0.3 is 9.47 Å². The molecule has 9 heteroatoms. The minimum absolute atomic E-state index is 0.0208. The zero-order chi connectivity index (χ0) is 16.1. The Morgan fingerprint density at radius 1 is 1.18 bits per heavy atom. The molecule has 0 atom stereocenters. The fourth-order valence-corrected chi connectivity index (χ4v) is 1.85. The molecule has 2 rings (SSSR count). The maximum atomic E-state index is 11.4. The summed E-state index contributed by atoms with van der Waals surface area (Å²) in [7, 11) is 0. The molecule has 1 aromatic carbocycles. The molecule has 22 heavy (non-hydrogen) atoms. The highest BCUT2D eigenvalue weighted by Gasteiger charge is 2.28. The van der Waals surface area contributed by atoms with Gasteiger partial charge in [-0.1, -0.05) is 0 Å². The zero-order valence-corrected chi connectivity index (χ0v) is 11.4. The van der Waals surface area contributed by atoms with E-state index in [0.29, 0.717) is 0 Å². The zero-order valence-electron chi connectivity index (χ0n) is 11.4. The van der Waals surface area contributed by atoms with Crippen molar-refractivity contribution in [1.29, 1.82) is 0 Å². The van der Waals surface area contributed by atoms with Gasteiger partial charge >= 0.3 is 6.16 Å². The number of amides is 2. The predicted molar refractivity (Wildman–Crippen MR) is 71.0 cm³/mol. The van der Waals surface area contributed by atoms with Gasteiger partial charge in [-0.15, -0.1) is 0 Å². The Labute approximate surface area is 124 Å². The largest absolute Gasteiger partial charge is 0.513 e. The predicted octanol–water partition coefficient (Wildman–Crippen LogP) is 1.26. The number of hydrogen-bond donors (Lipinski definition) is 0. The van der Waals surface area contributed by atoms with Gasteiger partial charge in [0.15, 0.2) is 0 Å². The number of ether oxygens (including phenoxy) is 2. The Balaban J connectivity index is 1.77. The van der Waals surface area contributed by atoms with Crippen LogP contribution in [0.1, 0.15) is 12.8 Å². The van der Waals surface area contributed by atoms with Crippen LogP contribution in [0.25, 0.3) is 0 Å². The van der Waals surface area contributed by atoms with E-state index in [2.05, 4.69) is 0 Å². The van der Waals surface area contributed by atoms with Crippen molar-refractivity contribution in [1.82, 2.24) is 4.90 Å². The van der Waals surface area contributed by atoms with E-state index in [4.69, 9.17) is 9.47 Å². The van der Waals surface area contributed by atoms with E-state index in [1.165, 1.54) is 24.3 Å². The molecule has 0 unspecified atom stereocenters. The molecular weight excluding hydrogens is 296 g/mol. The normalized spacial score (nSPS) is 14.1. The third-order valence-corrected chi connectivity index (χ3v) is 2.94. The Bertz CT molecular complexity index is 595. The molecule has 0 radical (unpaired) electrons. The smallest absolute Gasteiger partial charge is 0.432 e. The first kappa shape index (κ1) is 15.4. The van der Waals surface area contributed by atoms with Crippen LogP contribution in [0.2, 0.25) is 0 Å². The molecule has 1 saturated heterocycles. The Kier molecular flexibility index (Phi) is 4.66. The van der Waals surface area contributed by atoms with E-state index in [9.17, 15) is 24.5 Å². The highest BCUT2D eigenvalue weighted by atomic mass is 16.7. The molecule has 1 fully saturated rings. The van der Waals surface area contributed by atoms with Crippen LogP contribution in [0.15, 0.2) is 24.3 Å². The molecule has 1 aliphatic heterocycles. The van der Waals surface area contributed by atoms with E-state index in [-0.39, 0.29) is 49.2 Å². The van der Waals surface area contributed by atoms with Crippen LogP contribution in [0.3, 0.4) is 0 Å². The molecule has 1 heterocycles. The average molecular weight is 308 g/mol. The van der Waals surface area contributed by atoms with Crippen molar-refractivity contribution >= 4 is 23.7 Å². The van der Waals surface area contributed by atoms with Crippen LogP contribution in [0, 0.1) is 10.1 Å². The van der Waals surface area contributed by atoms with Gasteiger partial charge in [-0.25, -0.2) is 4.79 Å². The van der Waals surface area contributed by atoms with E-state index < -0.39 is 11.1 Å². The molecule has 9 nitrogen and oxygen atoms in total. The molecule has 1 aliphatic rings. The quantitative estimate of drug-likeness (QED) is 0.264. The van der Waals surface area contributed by atoms with E-state index in [1.54, 1.807) is 0 Å². The average Bonchev–Trinajstić information content (AvgIpc) is 2.79. The number of imide groups is 1. The van der Waals surface area contributed by atoms with Gasteiger partial charge in [0.2, 0.25) is 11.8 Å². The summed E-state index contributed by atoms with van der Waals surface area (Å²) in [5.74, 6) is -0.501. The summed E-state index contributed by atoms with van der Waals surface area (Å²) < 4.78 is 9.54. The van der Waals surface area contributed by atoms with Crippen molar-refractivity contribution in [2.75, 3.05) is 13.2 Å². The number of carbonyl (C=O) groups excluding carboxylic acids is 3. The lowest BCUT2D eigenvalue weighted by atomic mass is 10.3. The van der Waals surface area contributed by atoms with Gasteiger partial charge in [-0.3, -0.25) is 24.6 Å². The SMILES string of the molecule is O=C(OCCN1C(=O)CCC1=O)Oc1ccc([N+](=O)[O-])cc1. The fraction of sp³-hybridized carbons (Fsp3) is 0.308. The van der Waals surface area contributed by atoms with Crippen LogP contribution in [0.5, 0.6) is 5.75 Å². The number of rotatable bonds is 5. The lowest BCUT2D eigenvalue weighted by molar-refractivity contribution is -0.384. The van der Waals surface area contributed by atoms with Crippen LogP contribution < -0.4 is 4.74 Å². The number of nitrogens with zero attached hydrogens (tertiary/aromatic N) is 2. The number of non-ortho nitro benzene ring substituents is 1. The molecular formula is C13H12N2O7. The summed E-state index contributed by atoms with van der Waals surface area (Å²) in [4.78, 5) is 45.0. The fourth-order valence-electron chi connectivity index (χ4n) is 1.85. The summed E-state index contributed by atoms with van der Waals surface area (Å²) in [6.07, 6.45) is -0.675. The molecule has 2 amide bonds. The molecule has 0 spiro atoms. The maximum Gasteiger partial charge on any atom is 0.513 e. The highest BCUT2D eigenvalue weighted by Crippen LogP contribution is 2.17. The van der Waals surface area contributed by atoms with E-state index in [0.717, 1.165) is 4.90 Å². The second-order valence-electron chi connectivity index (χ2n) is 4.39. The third kappa shape index (κ3) is 3.78. The first-order valence-electron chi connectivity index (χ1n) is 6.39. The second kappa shape index (κ2) is 6.66. The van der Waals surface area contributed by atoms with E-state index in [1.807, 2.05) is 0 Å². The Hall–Kier alpha value is -2.97. The minimum atomic E-state index is -1.02. The molecule has 0 aromatic heterocycles. The van der Waals surface area contributed by atoms with Gasteiger partial charge in [-0.2, -0.15) is 0 Å². The number of likely N-dealkylation sites (tertiary alicyclic amines) is 1. The lowest BCUT2D eigenvalue weighted by Gasteiger charge is -2.13. The number of benzene rings is 1. The van der Waals surface area contributed by atoms with Gasteiger partial charge in [0, 0.05) is 25.0 Å². The molecule has 116 valence electrons. The number of nitro benzene ring substituents is 1. The van der Waals surface area contributed by atoms with Crippen molar-refractivity contribution in [3.05, 3.63) is 34.4 Å². The van der Waals surface area contributed by atoms with Gasteiger partial charge in [-0.05, 0) is 12.1 Å². The van der Waals surface area contributed by atoms with Crippen LogP contribution in [-0.2, 0) is 14.3 Å². The first-order valence-corrected chi connectivity index (χ1v) is 6.39. The second-order valence-corrected chi connectivity index (χ2v) is 4.39. The van der Waals surface area contributed by atoms with Crippen molar-refractivity contribution in [3.63, 3.8) is 0 Å². The number of carbonyl (C=O) groups is 3. The number of hydrogen-bond acceptors (Lipinski definition) is 7. The van der Waals surface area contributed by atoms with Crippen molar-refractivity contribution in [2.45, 2.75) is 12.8 Å². The Morgan fingerprint density at radius 3 is 2.32 bits per heavy atom. The highest BCUT2D eigenvalue weighted by molar-refractivity contribution is 6.01. The first-order chi connectivity index (χ1) is 10.5. The van der Waals surface area contributed by atoms with Crippen molar-refractivity contribution < 1.29 is 28.8 Å². The third-order valence-electron chi connectivity index (χ3n) is 2.94. The van der Waals surface area contributed by atoms with Gasteiger partial charge in [0.05, 0.1) is 11.5 Å². The maximum absolute atomic E-state index is 11.4. The van der Waals surface area contributed by atoms with Gasteiger partial charge in [0.1, 0.15) is 12.4 Å². The summed E-state index contributed by atoms with van der Waals surface area (Å²) in [5, 5.41) is 10.5. The topological polar surface area (TPSA) is 116 Å². The lowest BCUT2D eigenvalue weighted by Crippen LogP contribution is -2.33. The summed E-state index contributed by atoms with van der Waals surface area (Å²) in [6.45, 7) is -0.198. The molecule has 0 bridgehead atoms. The molecule has 1 aromatic rings. The van der Waals surface area contributed by atoms with E-state index >= 15 is 0 Å². The molecule has 0 saturated carbocycles. The van der Waals surface area contributed by atoms with Crippen LogP contribution in [0.4, 0.5) is 10.5 Å². The number of nitro groups is 1. The van der Waals surface area contributed by atoms with Gasteiger partial charge in [0.25, 0.3) is 5.69 Å². The Morgan fingerprint density at radius 2 is 1.77 bits per heavy atom. The van der Waals surface area contributed by atoms with Crippen LogP contribution in [-0.4, -0.2) is 40.9 Å². The summed E-state index contributed by atoms with van der Waals surface area (Å²) >= 11 is 0.